The molecule has 0 aliphatic heterocycles. The maximum absolute atomic E-state index is 8.10. The van der Waals surface area contributed by atoms with Gasteiger partial charge in [-0.3, -0.25) is 0 Å². The summed E-state index contributed by atoms with van der Waals surface area (Å²) >= 11 is 1.50. The van der Waals surface area contributed by atoms with Crippen LogP contribution in [0.15, 0.2) is 0 Å². The zero-order valence-electron chi connectivity index (χ0n) is 1.84. The molecule has 0 aliphatic rings. The summed E-state index contributed by atoms with van der Waals surface area (Å²) in [5, 5.41) is 0. The van der Waals surface area contributed by atoms with Gasteiger partial charge in [-0.2, -0.15) is 0 Å². The molecule has 0 saturated heterocycles. The second-order valence-electron chi connectivity index (χ2n) is 0. The van der Waals surface area contributed by atoms with E-state index in [4.69, 9.17) is 3.47 Å². The summed E-state index contributed by atoms with van der Waals surface area (Å²) in [5.41, 5.74) is 0. The van der Waals surface area contributed by atoms with Gasteiger partial charge in [-0.15, -0.1) is 0 Å². The first kappa shape index (κ1) is 19.7. The van der Waals surface area contributed by atoms with Crippen molar-refractivity contribution in [1.82, 2.24) is 0 Å². The van der Waals surface area contributed by atoms with Crippen molar-refractivity contribution in [3.8, 4) is 0 Å². The molecule has 0 atom stereocenters. The molecule has 0 rings (SSSR count). The van der Waals surface area contributed by atoms with Crippen molar-refractivity contribution in [1.29, 1.82) is 0 Å². The Kier molecular flexibility index (Phi) is 169. The summed E-state index contributed by atoms with van der Waals surface area (Å²) in [6.07, 6.45) is 0. The molecule has 0 radical (unpaired) electrons. The number of rotatable bonds is 0. The molecule has 0 N–H and O–H groups in total. The maximum Gasteiger partial charge on any atom is 2.00 e. The molecule has 0 aromatic heterocycles. The zero-order chi connectivity index (χ0) is 2.00. The third-order valence-corrected chi connectivity index (χ3v) is 0. The largest absolute Gasteiger partial charge is 2.00 e. The molecule has 0 aromatic rings. The maximum atomic E-state index is 8.10. The quantitative estimate of drug-likeness (QED) is 0.502. The second-order valence-corrected chi connectivity index (χ2v) is 0. The van der Waals surface area contributed by atoms with E-state index in [0.717, 1.165) is 0 Å². The van der Waals surface area contributed by atoms with Crippen LogP contribution >= 0.6 is 0 Å². The minimum Gasteiger partial charge on any atom is 2.00 e. The van der Waals surface area contributed by atoms with E-state index in [9.17, 15) is 0 Å². The van der Waals surface area contributed by atoms with Gasteiger partial charge in [-0.25, -0.2) is 0 Å². The Bertz CT molecular complexity index is 6.00. The average molecular weight is 204 g/mol. The van der Waals surface area contributed by atoms with Crippen molar-refractivity contribution in [2.24, 2.45) is 0 Å². The molecule has 4 heteroatoms. The van der Waals surface area contributed by atoms with Gasteiger partial charge >= 0.3 is 42.1 Å². The van der Waals surface area contributed by atoms with Crippen LogP contribution in [0.3, 0.4) is 0 Å². The van der Waals surface area contributed by atoms with Crippen LogP contribution in [0.5, 0.6) is 0 Å². The predicted octanol–water partition coefficient (Wildman–Crippen LogP) is -0.243. The van der Waals surface area contributed by atoms with Crippen LogP contribution in [0, 0.1) is 0 Å². The molecule has 0 fully saturated rings. The van der Waals surface area contributed by atoms with Gasteiger partial charge in [0.1, 0.15) is 0 Å². The van der Waals surface area contributed by atoms with E-state index in [1.807, 2.05) is 0 Å². The Morgan fingerprint density at radius 2 is 1.25 bits per heavy atom. The van der Waals surface area contributed by atoms with Crippen LogP contribution in [-0.2, 0) is 47.6 Å². The molecule has 2 nitrogen and oxygen atoms in total. The smallest absolute Gasteiger partial charge is 2.00 e. The summed E-state index contributed by atoms with van der Waals surface area (Å²) in [4.78, 5) is 0. The Morgan fingerprint density at radius 1 is 1.25 bits per heavy atom. The molecule has 4 heavy (non-hydrogen) atoms. The van der Waals surface area contributed by atoms with Crippen molar-refractivity contribution in [3.63, 3.8) is 0 Å². The Labute approximate surface area is 47.7 Å². The Balaban J connectivity index is -0.00000000500. The van der Waals surface area contributed by atoms with E-state index in [1.165, 1.54) is 19.2 Å². The Morgan fingerprint density at radius 3 is 1.25 bits per heavy atom. The second kappa shape index (κ2) is 34.3. The van der Waals surface area contributed by atoms with Gasteiger partial charge in [0.15, 0.2) is 0 Å². The van der Waals surface area contributed by atoms with Gasteiger partial charge in [-0.1, -0.05) is 0 Å². The van der Waals surface area contributed by atoms with Gasteiger partial charge in [0.25, 0.3) is 0 Å². The minimum absolute atomic E-state index is 0. The van der Waals surface area contributed by atoms with Crippen LogP contribution in [0.1, 0.15) is 0 Å². The van der Waals surface area contributed by atoms with Crippen LogP contribution in [0.2, 0.25) is 0 Å². The molecule has 24 valence electrons. The summed E-state index contributed by atoms with van der Waals surface area (Å²) in [6.45, 7) is 0. The van der Waals surface area contributed by atoms with Crippen LogP contribution in [0.4, 0.5) is 0 Å². The van der Waals surface area contributed by atoms with Crippen LogP contribution < -0.4 is 0 Å². The van der Waals surface area contributed by atoms with Crippen molar-refractivity contribution >= 4 is 0 Å². The summed E-state index contributed by atoms with van der Waals surface area (Å²) < 4.78 is 8.10. The van der Waals surface area contributed by atoms with E-state index < -0.39 is 0 Å². The first-order valence-corrected chi connectivity index (χ1v) is 0.764. The molecular weight excluding hydrogens is 204 g/mol. The predicted molar refractivity (Wildman–Crippen MR) is 1.37 cm³/mol. The van der Waals surface area contributed by atoms with Gasteiger partial charge in [-0.05, 0) is 0 Å². The van der Waals surface area contributed by atoms with Crippen molar-refractivity contribution in [2.75, 3.05) is 0 Å². The third kappa shape index (κ3) is 11.7. The van der Waals surface area contributed by atoms with Gasteiger partial charge in [0, 0.05) is 0 Å². The number of hydrogen-bond acceptors (Lipinski definition) is 1. The normalized spacial score (nSPS) is 1.50. The fourth-order valence-electron chi connectivity index (χ4n) is 0. The average Bonchev–Trinajstić information content (AvgIpc) is 1.00. The molecule has 0 spiro atoms. The molecule has 0 heterocycles. The van der Waals surface area contributed by atoms with Crippen molar-refractivity contribution in [3.05, 3.63) is 0 Å². The van der Waals surface area contributed by atoms with Gasteiger partial charge in [0.2, 0.25) is 0 Å². The molecule has 0 saturated carbocycles. The van der Waals surface area contributed by atoms with Gasteiger partial charge < -0.3 is 5.48 Å². The molecule has 0 aromatic carbocycles. The van der Waals surface area contributed by atoms with E-state index in [-0.39, 0.29) is 25.0 Å². The van der Waals surface area contributed by atoms with E-state index >= 15 is 0 Å². The molecule has 0 aliphatic carbocycles. The molecule has 0 amide bonds. The third-order valence-electron chi connectivity index (χ3n) is 0. The fraction of sp³-hybridized carbons (Fsp3) is 0. The first-order chi connectivity index (χ1) is 1.00. The first-order valence-electron chi connectivity index (χ1n) is 0.129. The zero-order valence-corrected chi connectivity index (χ0v) is 6.36. The van der Waals surface area contributed by atoms with E-state index in [2.05, 4.69) is 0 Å². The van der Waals surface area contributed by atoms with Crippen LogP contribution in [0.25, 0.3) is 0 Å². The summed E-state index contributed by atoms with van der Waals surface area (Å²) in [7, 11) is 0. The topological polar surface area (TPSA) is 45.6 Å². The summed E-state index contributed by atoms with van der Waals surface area (Å²) in [5.74, 6) is 0. The van der Waals surface area contributed by atoms with Gasteiger partial charge in [0.05, 0.1) is 0 Å². The Hall–Kier alpha value is 1.05. The molecule has 0 unspecified atom stereocenters. The van der Waals surface area contributed by atoms with Crippen LogP contribution in [-0.4, -0.2) is 0 Å². The standard InChI is InChI=1S/2O.Pd.Zn/q;-2;;+2. The minimum atomic E-state index is 0. The van der Waals surface area contributed by atoms with E-state index in [0.29, 0.717) is 0 Å². The molecular formula is O2PdZn. The van der Waals surface area contributed by atoms with Crippen molar-refractivity contribution in [2.45, 2.75) is 0 Å². The SMILES string of the molecule is [O-2].[O]=[Pd].[Zn+2]. The molecule has 0 bridgehead atoms. The number of hydrogen-bond donors (Lipinski definition) is 0. The fourth-order valence-corrected chi connectivity index (χ4v) is 0. The summed E-state index contributed by atoms with van der Waals surface area (Å²) in [6, 6.07) is 0. The van der Waals surface area contributed by atoms with E-state index in [1.54, 1.807) is 0 Å². The van der Waals surface area contributed by atoms with Crippen molar-refractivity contribution < 1.29 is 47.6 Å². The monoisotopic (exact) mass is 202 g/mol.